The lowest BCUT2D eigenvalue weighted by atomic mass is 9.96. The van der Waals surface area contributed by atoms with Gasteiger partial charge in [0, 0.05) is 29.8 Å². The Balaban J connectivity index is 1.56. The second-order valence-electron chi connectivity index (χ2n) is 9.30. The van der Waals surface area contributed by atoms with E-state index in [2.05, 4.69) is 51.8 Å². The molecule has 38 heavy (non-hydrogen) atoms. The first-order valence-corrected chi connectivity index (χ1v) is 12.8. The van der Waals surface area contributed by atoms with E-state index in [0.29, 0.717) is 17.2 Å². The maximum absolute atomic E-state index is 11.9. The molecule has 0 unspecified atom stereocenters. The molecule has 3 heterocycles. The van der Waals surface area contributed by atoms with Crippen molar-refractivity contribution < 1.29 is 14.3 Å². The molecular weight excluding hydrogens is 496 g/mol. The summed E-state index contributed by atoms with van der Waals surface area (Å²) in [5, 5.41) is 4.23. The van der Waals surface area contributed by atoms with Gasteiger partial charge in [-0.15, -0.1) is 0 Å². The summed E-state index contributed by atoms with van der Waals surface area (Å²) in [6, 6.07) is 23.5. The number of carbonyl (C=O) groups is 1. The van der Waals surface area contributed by atoms with Crippen LogP contribution in [-0.4, -0.2) is 39.8 Å². The molecule has 0 amide bonds. The van der Waals surface area contributed by atoms with Crippen molar-refractivity contribution in [2.24, 2.45) is 0 Å². The fourth-order valence-corrected chi connectivity index (χ4v) is 5.50. The molecule has 0 spiro atoms. The van der Waals surface area contributed by atoms with Gasteiger partial charge in [-0.3, -0.25) is 4.98 Å². The number of aryl methyl sites for hydroxylation is 1. The first-order chi connectivity index (χ1) is 18.4. The lowest BCUT2D eigenvalue weighted by Gasteiger charge is -2.28. The standard InChI is InChI=1S/C30H30N4O3S/c1-19-17-25(20(2)34(19)23-12-10-22(11-13-23)29(35)37-4)28-27(26-7-5-6-16-31-26)32-30(38)33(28)18-21-8-14-24(36-3)15-9-21/h5-17,27-28H,18H2,1-4H3,(H,32,38)/t27-,28+/m1/s1. The Bertz CT molecular complexity index is 1450. The molecule has 5 rings (SSSR count). The number of ether oxygens (including phenoxy) is 2. The van der Waals surface area contributed by atoms with E-state index in [1.807, 2.05) is 48.7 Å². The topological polar surface area (TPSA) is 68.6 Å². The van der Waals surface area contributed by atoms with Gasteiger partial charge in [0.25, 0.3) is 0 Å². The van der Waals surface area contributed by atoms with E-state index in [0.717, 1.165) is 39.6 Å². The summed E-state index contributed by atoms with van der Waals surface area (Å²) in [4.78, 5) is 18.8. The number of pyridine rings is 1. The van der Waals surface area contributed by atoms with Crippen LogP contribution in [0.25, 0.3) is 5.69 Å². The summed E-state index contributed by atoms with van der Waals surface area (Å²) >= 11 is 5.88. The number of thiocarbonyl (C=S) groups is 1. The molecule has 1 fully saturated rings. The Morgan fingerprint density at radius 3 is 2.39 bits per heavy atom. The molecular formula is C30H30N4O3S. The average Bonchev–Trinajstić information content (AvgIpc) is 3.43. The zero-order valence-electron chi connectivity index (χ0n) is 21.8. The zero-order valence-corrected chi connectivity index (χ0v) is 22.7. The lowest BCUT2D eigenvalue weighted by Crippen LogP contribution is -2.29. The van der Waals surface area contributed by atoms with Crippen molar-refractivity contribution in [2.45, 2.75) is 32.5 Å². The molecule has 0 bridgehead atoms. The Hall–Kier alpha value is -4.17. The summed E-state index contributed by atoms with van der Waals surface area (Å²) in [6.45, 7) is 4.86. The van der Waals surface area contributed by atoms with Gasteiger partial charge >= 0.3 is 5.97 Å². The highest BCUT2D eigenvalue weighted by atomic mass is 32.1. The van der Waals surface area contributed by atoms with Crippen molar-refractivity contribution in [3.05, 3.63) is 113 Å². The Morgan fingerprint density at radius 2 is 1.76 bits per heavy atom. The van der Waals surface area contributed by atoms with Crippen LogP contribution in [0.1, 0.15) is 50.7 Å². The molecule has 8 heteroatoms. The van der Waals surface area contributed by atoms with Crippen molar-refractivity contribution in [2.75, 3.05) is 14.2 Å². The summed E-state index contributed by atoms with van der Waals surface area (Å²) in [7, 11) is 3.05. The Labute approximate surface area is 228 Å². The van der Waals surface area contributed by atoms with Gasteiger partial charge in [-0.05, 0) is 91.8 Å². The monoisotopic (exact) mass is 526 g/mol. The van der Waals surface area contributed by atoms with Crippen LogP contribution in [0.2, 0.25) is 0 Å². The van der Waals surface area contributed by atoms with Crippen molar-refractivity contribution >= 4 is 23.3 Å². The normalized spacial score (nSPS) is 16.8. The first kappa shape index (κ1) is 25.5. The van der Waals surface area contributed by atoms with E-state index >= 15 is 0 Å². The molecule has 2 atom stereocenters. The van der Waals surface area contributed by atoms with Crippen LogP contribution >= 0.6 is 12.2 Å². The van der Waals surface area contributed by atoms with Gasteiger partial charge in [0.05, 0.1) is 37.6 Å². The number of aromatic nitrogens is 2. The zero-order chi connectivity index (χ0) is 26.8. The van der Waals surface area contributed by atoms with Crippen LogP contribution in [0.3, 0.4) is 0 Å². The van der Waals surface area contributed by atoms with Gasteiger partial charge in [0.2, 0.25) is 0 Å². The van der Waals surface area contributed by atoms with Crippen LogP contribution < -0.4 is 10.1 Å². The fraction of sp³-hybridized carbons (Fsp3) is 0.233. The second-order valence-corrected chi connectivity index (χ2v) is 9.69. The van der Waals surface area contributed by atoms with Crippen molar-refractivity contribution in [1.29, 1.82) is 0 Å². The molecule has 0 saturated carbocycles. The number of esters is 1. The molecule has 1 aliphatic rings. The number of nitrogens with zero attached hydrogens (tertiary/aromatic N) is 3. The maximum atomic E-state index is 11.9. The number of nitrogens with one attached hydrogen (secondary N) is 1. The lowest BCUT2D eigenvalue weighted by molar-refractivity contribution is 0.0600. The predicted molar refractivity (Wildman–Crippen MR) is 151 cm³/mol. The Morgan fingerprint density at radius 1 is 1.03 bits per heavy atom. The minimum atomic E-state index is -0.351. The average molecular weight is 527 g/mol. The summed E-state index contributed by atoms with van der Waals surface area (Å²) in [5.41, 5.74) is 6.92. The highest BCUT2D eigenvalue weighted by Crippen LogP contribution is 2.42. The number of methoxy groups -OCH3 is 2. The number of hydrogen-bond donors (Lipinski definition) is 1. The van der Waals surface area contributed by atoms with Crippen LogP contribution in [0.4, 0.5) is 0 Å². The van der Waals surface area contributed by atoms with Gasteiger partial charge in [-0.25, -0.2) is 4.79 Å². The van der Waals surface area contributed by atoms with E-state index < -0.39 is 0 Å². The quantitative estimate of drug-likeness (QED) is 0.253. The van der Waals surface area contributed by atoms with Gasteiger partial charge in [0.1, 0.15) is 5.75 Å². The van der Waals surface area contributed by atoms with E-state index in [9.17, 15) is 4.79 Å². The largest absolute Gasteiger partial charge is 0.497 e. The van der Waals surface area contributed by atoms with Crippen molar-refractivity contribution in [3.63, 3.8) is 0 Å². The smallest absolute Gasteiger partial charge is 0.337 e. The molecule has 1 N–H and O–H groups in total. The second kappa shape index (κ2) is 10.7. The molecule has 194 valence electrons. The van der Waals surface area contributed by atoms with E-state index in [1.54, 1.807) is 19.2 Å². The molecule has 2 aromatic carbocycles. The number of carbonyl (C=O) groups excluding carboxylic acids is 1. The molecule has 0 aliphatic carbocycles. The third kappa shape index (κ3) is 4.75. The van der Waals surface area contributed by atoms with Gasteiger partial charge in [0.15, 0.2) is 5.11 Å². The minimum absolute atomic E-state index is 0.0752. The number of hydrogen-bond acceptors (Lipinski definition) is 5. The minimum Gasteiger partial charge on any atom is -0.497 e. The molecule has 7 nitrogen and oxygen atoms in total. The number of rotatable bonds is 7. The maximum Gasteiger partial charge on any atom is 0.337 e. The van der Waals surface area contributed by atoms with Gasteiger partial charge in [-0.2, -0.15) is 0 Å². The molecule has 2 aromatic heterocycles. The van der Waals surface area contributed by atoms with Gasteiger partial charge in [-0.1, -0.05) is 18.2 Å². The summed E-state index contributed by atoms with van der Waals surface area (Å²) in [5.74, 6) is 0.469. The van der Waals surface area contributed by atoms with Crippen molar-refractivity contribution in [3.8, 4) is 11.4 Å². The molecule has 0 radical (unpaired) electrons. The summed E-state index contributed by atoms with van der Waals surface area (Å²) < 4.78 is 12.4. The third-order valence-corrected chi connectivity index (χ3v) is 7.40. The molecule has 1 aliphatic heterocycles. The fourth-order valence-electron chi connectivity index (χ4n) is 5.19. The molecule has 1 saturated heterocycles. The number of benzene rings is 2. The van der Waals surface area contributed by atoms with Crippen LogP contribution in [0.5, 0.6) is 5.75 Å². The highest BCUT2D eigenvalue weighted by Gasteiger charge is 2.41. The van der Waals surface area contributed by atoms with Crippen LogP contribution in [0.15, 0.2) is 79.0 Å². The van der Waals surface area contributed by atoms with Crippen LogP contribution in [0, 0.1) is 13.8 Å². The van der Waals surface area contributed by atoms with Crippen molar-refractivity contribution in [1.82, 2.24) is 19.8 Å². The van der Waals surface area contributed by atoms with E-state index in [1.165, 1.54) is 7.11 Å². The van der Waals surface area contributed by atoms with Crippen LogP contribution in [-0.2, 0) is 11.3 Å². The van der Waals surface area contributed by atoms with E-state index in [-0.39, 0.29) is 18.1 Å². The predicted octanol–water partition coefficient (Wildman–Crippen LogP) is 5.46. The summed E-state index contributed by atoms with van der Waals surface area (Å²) in [6.07, 6.45) is 1.81. The first-order valence-electron chi connectivity index (χ1n) is 12.4. The molecule has 4 aromatic rings. The van der Waals surface area contributed by atoms with Gasteiger partial charge < -0.3 is 24.3 Å². The SMILES string of the molecule is COC(=O)c1ccc(-n2c(C)cc([C@H]3[C@@H](c4ccccn4)NC(=S)N3Cc3ccc(OC)cc3)c2C)cc1. The third-order valence-electron chi connectivity index (χ3n) is 7.05. The van der Waals surface area contributed by atoms with E-state index in [4.69, 9.17) is 21.7 Å². The highest BCUT2D eigenvalue weighted by molar-refractivity contribution is 7.80. The Kier molecular flexibility index (Phi) is 7.15.